The zero-order chi connectivity index (χ0) is 12.4. The Balaban J connectivity index is 2.21. The highest BCUT2D eigenvalue weighted by Crippen LogP contribution is 2.36. The van der Waals surface area contributed by atoms with Crippen LogP contribution < -0.4 is 5.32 Å². The Bertz CT molecular complexity index is 601. The van der Waals surface area contributed by atoms with Crippen molar-refractivity contribution in [1.29, 1.82) is 5.26 Å². The molecule has 1 aromatic carbocycles. The molecule has 0 bridgehead atoms. The molecule has 90 valence electrons. The van der Waals surface area contributed by atoms with E-state index in [1.807, 2.05) is 30.5 Å². The number of para-hydroxylation sites is 1. The van der Waals surface area contributed by atoms with Crippen molar-refractivity contribution in [2.45, 2.75) is 18.3 Å². The van der Waals surface area contributed by atoms with Gasteiger partial charge in [0.15, 0.2) is 0 Å². The van der Waals surface area contributed by atoms with Crippen molar-refractivity contribution in [2.24, 2.45) is 0 Å². The number of pyridine rings is 1. The molecule has 0 saturated carbocycles. The highest BCUT2D eigenvalue weighted by molar-refractivity contribution is 5.83. The van der Waals surface area contributed by atoms with Gasteiger partial charge in [-0.2, -0.15) is 5.26 Å². The lowest BCUT2D eigenvalue weighted by Crippen LogP contribution is -2.39. The van der Waals surface area contributed by atoms with E-state index >= 15 is 0 Å². The molecule has 1 aliphatic heterocycles. The van der Waals surface area contributed by atoms with Crippen LogP contribution in [0.25, 0.3) is 10.9 Å². The first kappa shape index (κ1) is 11.2. The molecule has 3 rings (SSSR count). The van der Waals surface area contributed by atoms with Crippen LogP contribution in [0.4, 0.5) is 0 Å². The van der Waals surface area contributed by atoms with Crippen molar-refractivity contribution < 1.29 is 0 Å². The minimum absolute atomic E-state index is 0.353. The van der Waals surface area contributed by atoms with E-state index in [1.54, 1.807) is 0 Å². The predicted molar refractivity (Wildman–Crippen MR) is 71.1 cm³/mol. The van der Waals surface area contributed by atoms with Gasteiger partial charge in [-0.1, -0.05) is 18.2 Å². The highest BCUT2D eigenvalue weighted by Gasteiger charge is 2.35. The van der Waals surface area contributed by atoms with Crippen molar-refractivity contribution in [2.75, 3.05) is 13.1 Å². The van der Waals surface area contributed by atoms with Gasteiger partial charge in [0.05, 0.1) is 17.0 Å². The first-order valence-corrected chi connectivity index (χ1v) is 6.32. The molecule has 0 aliphatic carbocycles. The molecule has 0 atom stereocenters. The van der Waals surface area contributed by atoms with E-state index in [1.165, 1.54) is 0 Å². The summed E-state index contributed by atoms with van der Waals surface area (Å²) in [6, 6.07) is 12.6. The molecular formula is C15H15N3. The van der Waals surface area contributed by atoms with Crippen LogP contribution in [0.2, 0.25) is 0 Å². The maximum atomic E-state index is 9.66. The summed E-state index contributed by atoms with van der Waals surface area (Å²) in [5, 5.41) is 14.1. The van der Waals surface area contributed by atoms with Gasteiger partial charge >= 0.3 is 0 Å². The van der Waals surface area contributed by atoms with Crippen LogP contribution in [0, 0.1) is 11.3 Å². The van der Waals surface area contributed by atoms with Gasteiger partial charge < -0.3 is 5.32 Å². The fraction of sp³-hybridized carbons (Fsp3) is 0.333. The lowest BCUT2D eigenvalue weighted by atomic mass is 9.73. The smallest absolute Gasteiger partial charge is 0.0853 e. The summed E-state index contributed by atoms with van der Waals surface area (Å²) >= 11 is 0. The molecule has 0 spiro atoms. The van der Waals surface area contributed by atoms with Crippen molar-refractivity contribution in [3.05, 3.63) is 42.1 Å². The average molecular weight is 237 g/mol. The van der Waals surface area contributed by atoms with Gasteiger partial charge in [0.2, 0.25) is 0 Å². The number of nitrogens with one attached hydrogen (secondary N) is 1. The lowest BCUT2D eigenvalue weighted by Gasteiger charge is -2.32. The summed E-state index contributed by atoms with van der Waals surface area (Å²) in [6.45, 7) is 1.81. The topological polar surface area (TPSA) is 48.7 Å². The number of piperidine rings is 1. The van der Waals surface area contributed by atoms with E-state index in [2.05, 4.69) is 22.4 Å². The van der Waals surface area contributed by atoms with Gasteiger partial charge in [-0.25, -0.2) is 0 Å². The molecule has 2 aromatic rings. The van der Waals surface area contributed by atoms with E-state index in [9.17, 15) is 5.26 Å². The van der Waals surface area contributed by atoms with E-state index < -0.39 is 0 Å². The molecule has 1 aromatic heterocycles. The molecule has 1 N–H and O–H groups in total. The van der Waals surface area contributed by atoms with Crippen LogP contribution in [-0.2, 0) is 5.41 Å². The summed E-state index contributed by atoms with van der Waals surface area (Å²) in [5.74, 6) is 0. The number of hydrogen-bond donors (Lipinski definition) is 1. The van der Waals surface area contributed by atoms with Gasteiger partial charge in [-0.3, -0.25) is 4.98 Å². The van der Waals surface area contributed by atoms with E-state index in [4.69, 9.17) is 0 Å². The molecular weight excluding hydrogens is 222 g/mol. The van der Waals surface area contributed by atoms with Crippen LogP contribution in [0.3, 0.4) is 0 Å². The molecule has 1 saturated heterocycles. The Morgan fingerprint density at radius 1 is 1.17 bits per heavy atom. The Kier molecular flexibility index (Phi) is 2.73. The first-order chi connectivity index (χ1) is 8.86. The Labute approximate surface area is 106 Å². The van der Waals surface area contributed by atoms with Crippen LogP contribution in [0.15, 0.2) is 36.5 Å². The molecule has 18 heavy (non-hydrogen) atoms. The number of benzene rings is 1. The Morgan fingerprint density at radius 3 is 2.72 bits per heavy atom. The zero-order valence-corrected chi connectivity index (χ0v) is 10.2. The lowest BCUT2D eigenvalue weighted by molar-refractivity contribution is 0.384. The fourth-order valence-electron chi connectivity index (χ4n) is 2.81. The molecule has 0 unspecified atom stereocenters. The van der Waals surface area contributed by atoms with Gasteiger partial charge in [0.1, 0.15) is 0 Å². The SMILES string of the molecule is N#CC1(c2ccnc3ccccc23)CCNCC1. The summed E-state index contributed by atoms with van der Waals surface area (Å²) in [5.41, 5.74) is 1.76. The quantitative estimate of drug-likeness (QED) is 0.828. The van der Waals surface area contributed by atoms with Crippen molar-refractivity contribution in [3.63, 3.8) is 0 Å². The van der Waals surface area contributed by atoms with Gasteiger partial charge in [-0.05, 0) is 43.6 Å². The fourth-order valence-corrected chi connectivity index (χ4v) is 2.81. The highest BCUT2D eigenvalue weighted by atomic mass is 14.9. The third-order valence-electron chi connectivity index (χ3n) is 3.84. The number of nitrogens with zero attached hydrogens (tertiary/aromatic N) is 2. The second-order valence-corrected chi connectivity index (χ2v) is 4.82. The third-order valence-corrected chi connectivity index (χ3v) is 3.84. The molecule has 3 nitrogen and oxygen atoms in total. The molecule has 1 fully saturated rings. The van der Waals surface area contributed by atoms with Crippen LogP contribution in [0.5, 0.6) is 0 Å². The summed E-state index contributed by atoms with van der Waals surface area (Å²) in [4.78, 5) is 4.38. The number of nitriles is 1. The maximum Gasteiger partial charge on any atom is 0.0853 e. The van der Waals surface area contributed by atoms with Gasteiger partial charge in [-0.15, -0.1) is 0 Å². The molecule has 2 heterocycles. The van der Waals surface area contributed by atoms with Crippen molar-refractivity contribution in [3.8, 4) is 6.07 Å². The molecule has 1 aliphatic rings. The zero-order valence-electron chi connectivity index (χ0n) is 10.2. The van der Waals surface area contributed by atoms with Crippen LogP contribution >= 0.6 is 0 Å². The normalized spacial score (nSPS) is 18.4. The van der Waals surface area contributed by atoms with E-state index in [-0.39, 0.29) is 5.41 Å². The summed E-state index contributed by atoms with van der Waals surface area (Å²) in [6.07, 6.45) is 3.56. The predicted octanol–water partition coefficient (Wildman–Crippen LogP) is 2.38. The summed E-state index contributed by atoms with van der Waals surface area (Å²) < 4.78 is 0. The summed E-state index contributed by atoms with van der Waals surface area (Å²) in [7, 11) is 0. The minimum atomic E-state index is -0.353. The van der Waals surface area contributed by atoms with Crippen LogP contribution in [-0.4, -0.2) is 18.1 Å². The Hall–Kier alpha value is -1.92. The van der Waals surface area contributed by atoms with E-state index in [0.717, 1.165) is 42.4 Å². The number of rotatable bonds is 1. The number of hydrogen-bond acceptors (Lipinski definition) is 3. The number of aromatic nitrogens is 1. The minimum Gasteiger partial charge on any atom is -0.317 e. The molecule has 3 heteroatoms. The monoisotopic (exact) mass is 237 g/mol. The Morgan fingerprint density at radius 2 is 1.94 bits per heavy atom. The number of fused-ring (bicyclic) bond motifs is 1. The largest absolute Gasteiger partial charge is 0.317 e. The maximum absolute atomic E-state index is 9.66. The second-order valence-electron chi connectivity index (χ2n) is 4.82. The van der Waals surface area contributed by atoms with Crippen LogP contribution in [0.1, 0.15) is 18.4 Å². The first-order valence-electron chi connectivity index (χ1n) is 6.32. The van der Waals surface area contributed by atoms with Crippen molar-refractivity contribution >= 4 is 10.9 Å². The standard InChI is InChI=1S/C15H15N3/c16-11-15(6-9-17-10-7-15)13-5-8-18-14-4-2-1-3-12(13)14/h1-5,8,17H,6-7,9-10H2. The molecule has 0 radical (unpaired) electrons. The van der Waals surface area contributed by atoms with E-state index in [0.29, 0.717) is 0 Å². The average Bonchev–Trinajstić information content (AvgIpc) is 2.47. The van der Waals surface area contributed by atoms with Crippen molar-refractivity contribution in [1.82, 2.24) is 10.3 Å². The van der Waals surface area contributed by atoms with Gasteiger partial charge in [0, 0.05) is 11.6 Å². The second kappa shape index (κ2) is 4.40. The molecule has 0 amide bonds. The third kappa shape index (κ3) is 1.66. The van der Waals surface area contributed by atoms with Gasteiger partial charge in [0.25, 0.3) is 0 Å².